The summed E-state index contributed by atoms with van der Waals surface area (Å²) in [4.78, 5) is 24.7. The van der Waals surface area contributed by atoms with Crippen LogP contribution in [-0.2, 0) is 38.0 Å². The number of hydrogen-bond donors (Lipinski definition) is 3. The molecular formula is C27H39N3O9. The molecular weight excluding hydrogens is 510 g/mol. The molecule has 216 valence electrons. The second kappa shape index (κ2) is 10.6. The van der Waals surface area contributed by atoms with Crippen LogP contribution in [0.25, 0.3) is 0 Å². The first-order chi connectivity index (χ1) is 18.3. The quantitative estimate of drug-likeness (QED) is 0.438. The normalized spacial score (nSPS) is 34.0. The van der Waals surface area contributed by atoms with Crippen molar-refractivity contribution in [1.82, 2.24) is 10.6 Å². The molecule has 0 aliphatic carbocycles. The lowest BCUT2D eigenvalue weighted by atomic mass is 10.1. The monoisotopic (exact) mass is 549 g/mol. The Morgan fingerprint density at radius 3 is 2.10 bits per heavy atom. The van der Waals surface area contributed by atoms with E-state index in [0.717, 1.165) is 5.69 Å². The molecule has 0 radical (unpaired) electrons. The average Bonchev–Trinajstić information content (AvgIpc) is 3.58. The first-order valence-electron chi connectivity index (χ1n) is 13.4. The van der Waals surface area contributed by atoms with E-state index >= 15 is 0 Å². The van der Waals surface area contributed by atoms with Gasteiger partial charge in [-0.3, -0.25) is 9.59 Å². The minimum Gasteiger partial charge on any atom is -0.358 e. The van der Waals surface area contributed by atoms with Gasteiger partial charge in [0.2, 0.25) is 5.91 Å². The molecule has 3 N–H and O–H groups in total. The van der Waals surface area contributed by atoms with E-state index in [9.17, 15) is 9.59 Å². The summed E-state index contributed by atoms with van der Waals surface area (Å²) in [6, 6.07) is 6.91. The van der Waals surface area contributed by atoms with Crippen molar-refractivity contribution in [3.8, 4) is 0 Å². The van der Waals surface area contributed by atoms with Crippen molar-refractivity contribution in [2.45, 2.75) is 95.7 Å². The fourth-order valence-corrected chi connectivity index (χ4v) is 5.22. The molecule has 2 amide bonds. The number of amides is 2. The second-order valence-electron chi connectivity index (χ2n) is 11.6. The van der Waals surface area contributed by atoms with Crippen molar-refractivity contribution in [2.24, 2.45) is 0 Å². The summed E-state index contributed by atoms with van der Waals surface area (Å²) in [7, 11) is 0. The second-order valence-corrected chi connectivity index (χ2v) is 11.6. The van der Waals surface area contributed by atoms with Crippen LogP contribution in [0.15, 0.2) is 24.3 Å². The van der Waals surface area contributed by atoms with Gasteiger partial charge in [-0.1, -0.05) is 0 Å². The Morgan fingerprint density at radius 2 is 1.46 bits per heavy atom. The Hall–Kier alpha value is -2.32. The van der Waals surface area contributed by atoms with Gasteiger partial charge < -0.3 is 49.1 Å². The summed E-state index contributed by atoms with van der Waals surface area (Å²) in [5.41, 5.74) is 1.17. The van der Waals surface area contributed by atoms with Crippen LogP contribution in [0.2, 0.25) is 0 Å². The van der Waals surface area contributed by atoms with Crippen LogP contribution < -0.4 is 16.0 Å². The van der Waals surface area contributed by atoms with E-state index in [2.05, 4.69) is 16.0 Å². The zero-order valence-corrected chi connectivity index (χ0v) is 23.3. The molecule has 4 aliphatic rings. The third-order valence-corrected chi connectivity index (χ3v) is 6.95. The van der Waals surface area contributed by atoms with E-state index in [1.54, 1.807) is 24.3 Å². The van der Waals surface area contributed by atoms with E-state index in [-0.39, 0.29) is 48.9 Å². The molecule has 4 saturated heterocycles. The van der Waals surface area contributed by atoms with Gasteiger partial charge >= 0.3 is 0 Å². The van der Waals surface area contributed by atoms with Crippen LogP contribution in [0.3, 0.4) is 0 Å². The van der Waals surface area contributed by atoms with Crippen molar-refractivity contribution < 1.29 is 42.7 Å². The minimum absolute atomic E-state index is 0.146. The van der Waals surface area contributed by atoms with Gasteiger partial charge in [-0.15, -0.1) is 0 Å². The molecule has 12 heteroatoms. The summed E-state index contributed by atoms with van der Waals surface area (Å²) < 4.78 is 41.6. The molecule has 6 atom stereocenters. The summed E-state index contributed by atoms with van der Waals surface area (Å²) >= 11 is 0. The predicted molar refractivity (Wildman–Crippen MR) is 138 cm³/mol. The summed E-state index contributed by atoms with van der Waals surface area (Å²) in [5, 5.41) is 8.73. The number of ether oxygens (including phenoxy) is 7. The lowest BCUT2D eigenvalue weighted by Crippen LogP contribution is -2.40. The van der Waals surface area contributed by atoms with Crippen LogP contribution in [0.5, 0.6) is 0 Å². The number of anilines is 1. The van der Waals surface area contributed by atoms with Crippen molar-refractivity contribution in [2.75, 3.05) is 31.6 Å². The van der Waals surface area contributed by atoms with Crippen molar-refractivity contribution in [1.29, 1.82) is 0 Å². The van der Waals surface area contributed by atoms with Crippen LogP contribution in [0, 0.1) is 0 Å². The van der Waals surface area contributed by atoms with E-state index in [1.165, 1.54) is 0 Å². The van der Waals surface area contributed by atoms with E-state index in [0.29, 0.717) is 25.3 Å². The van der Waals surface area contributed by atoms with Gasteiger partial charge in [-0.2, -0.15) is 0 Å². The van der Waals surface area contributed by atoms with Crippen LogP contribution in [0.1, 0.15) is 51.9 Å². The molecule has 0 saturated carbocycles. The molecule has 5 rings (SSSR count). The summed E-state index contributed by atoms with van der Waals surface area (Å²) in [6.45, 7) is 12.1. The number of fused-ring (bicyclic) bond motifs is 1. The van der Waals surface area contributed by atoms with Crippen LogP contribution >= 0.6 is 0 Å². The zero-order chi connectivity index (χ0) is 28.0. The van der Waals surface area contributed by atoms with Gasteiger partial charge in [0, 0.05) is 17.8 Å². The molecule has 0 spiro atoms. The maximum atomic E-state index is 12.6. The number of carbonyl (C=O) groups is 2. The minimum atomic E-state index is -0.755. The molecule has 4 unspecified atom stereocenters. The van der Waals surface area contributed by atoms with Gasteiger partial charge in [-0.25, -0.2) is 0 Å². The maximum absolute atomic E-state index is 12.6. The number of rotatable bonds is 8. The average molecular weight is 550 g/mol. The molecule has 0 bridgehead atoms. The highest BCUT2D eigenvalue weighted by Crippen LogP contribution is 2.42. The topological polar surface area (TPSA) is 135 Å². The highest BCUT2D eigenvalue weighted by Gasteiger charge is 2.59. The fraction of sp³-hybridized carbons (Fsp3) is 0.704. The Balaban J connectivity index is 1.12. The maximum Gasteiger partial charge on any atom is 0.251 e. The largest absolute Gasteiger partial charge is 0.358 e. The fourth-order valence-electron chi connectivity index (χ4n) is 5.22. The highest BCUT2D eigenvalue weighted by molar-refractivity contribution is 5.96. The smallest absolute Gasteiger partial charge is 0.251 e. The molecule has 0 aromatic heterocycles. The third-order valence-electron chi connectivity index (χ3n) is 6.95. The van der Waals surface area contributed by atoms with E-state index in [4.69, 9.17) is 33.2 Å². The molecule has 4 aliphatic heterocycles. The van der Waals surface area contributed by atoms with Crippen LogP contribution in [0.4, 0.5) is 5.69 Å². The molecule has 4 fully saturated rings. The molecule has 1 aromatic carbocycles. The van der Waals surface area contributed by atoms with Gasteiger partial charge in [0.05, 0.1) is 19.8 Å². The first-order valence-corrected chi connectivity index (χ1v) is 13.4. The van der Waals surface area contributed by atoms with Gasteiger partial charge in [0.25, 0.3) is 5.91 Å². The molecule has 1 aromatic rings. The van der Waals surface area contributed by atoms with Gasteiger partial charge in [-0.05, 0) is 65.8 Å². The standard InChI is InChI=1S/C27H39N3O9/c1-25(2)33-13-17(36-25)11-28-19(31)12-29-23(32)15-7-9-16(10-8-15)30-24-22-21(38-27(5,6)39-22)20(35-24)18-14-34-26(3,4)37-18/h7-10,17-18,20-22,24,30H,11-14H2,1-6H3,(H,28,31)(H,29,32)/t17?,18?,20?,21-,22-,24?/m0/s1. The number of carbonyl (C=O) groups excluding carboxylic acids is 2. The summed E-state index contributed by atoms with van der Waals surface area (Å²) in [6.07, 6.45) is -2.04. The number of nitrogens with one attached hydrogen (secondary N) is 3. The summed E-state index contributed by atoms with van der Waals surface area (Å²) in [5.74, 6) is -2.75. The lowest BCUT2D eigenvalue weighted by molar-refractivity contribution is -0.203. The van der Waals surface area contributed by atoms with Crippen molar-refractivity contribution >= 4 is 17.5 Å². The molecule has 39 heavy (non-hydrogen) atoms. The lowest BCUT2D eigenvalue weighted by Gasteiger charge is -2.27. The Kier molecular flexibility index (Phi) is 7.66. The number of hydrogen-bond acceptors (Lipinski definition) is 10. The number of benzene rings is 1. The van der Waals surface area contributed by atoms with Gasteiger partial charge in [0.15, 0.2) is 23.6 Å². The SMILES string of the molecule is CC1(C)OCC(CNC(=O)CNC(=O)c2ccc(NC3OC(C4COC(C)(C)O4)[C@@H]4OC(C)(C)O[C@H]34)cc2)O1. The van der Waals surface area contributed by atoms with E-state index < -0.39 is 23.6 Å². The zero-order valence-electron chi connectivity index (χ0n) is 23.3. The van der Waals surface area contributed by atoms with Crippen molar-refractivity contribution in [3.63, 3.8) is 0 Å². The Bertz CT molecular complexity index is 1060. The van der Waals surface area contributed by atoms with Gasteiger partial charge in [0.1, 0.15) is 30.5 Å². The van der Waals surface area contributed by atoms with Crippen LogP contribution in [-0.4, -0.2) is 92.2 Å². The molecule has 4 heterocycles. The van der Waals surface area contributed by atoms with Crippen molar-refractivity contribution in [3.05, 3.63) is 29.8 Å². The van der Waals surface area contributed by atoms with E-state index in [1.807, 2.05) is 41.5 Å². The third kappa shape index (κ3) is 6.71. The predicted octanol–water partition coefficient (Wildman–Crippen LogP) is 1.49. The highest BCUT2D eigenvalue weighted by atomic mass is 16.8. The Labute approximate surface area is 228 Å². The molecule has 12 nitrogen and oxygen atoms in total. The Morgan fingerprint density at radius 1 is 0.795 bits per heavy atom. The first kappa shape index (κ1) is 28.2.